The average molecular weight is 212 g/mol. The van der Waals surface area contributed by atoms with Crippen molar-refractivity contribution in [3.05, 3.63) is 0 Å². The lowest BCUT2D eigenvalue weighted by atomic mass is 9.54. The summed E-state index contributed by atoms with van der Waals surface area (Å²) in [6, 6.07) is 0. The number of fused-ring (bicyclic) bond motifs is 1. The first-order valence-electron chi connectivity index (χ1n) is 6.47. The molecule has 2 unspecified atom stereocenters. The molecular formula is C13H24O2. The summed E-state index contributed by atoms with van der Waals surface area (Å²) >= 11 is 0. The molecule has 4 atom stereocenters. The molecule has 0 aliphatic heterocycles. The standard InChI is InChI=1S/C13H24O2/c1-13-8-3-6-12(15)11(13)5-2-4-10(13)7-9-14/h10-12,14-15H,2-9H2,1H3/t10-,11?,12?,13-/m1/s1. The molecule has 88 valence electrons. The Labute approximate surface area is 92.7 Å². The summed E-state index contributed by atoms with van der Waals surface area (Å²) in [4.78, 5) is 0. The first-order chi connectivity index (χ1) is 7.18. The lowest BCUT2D eigenvalue weighted by Crippen LogP contribution is -2.47. The third-order valence-corrected chi connectivity index (χ3v) is 5.00. The van der Waals surface area contributed by atoms with Crippen LogP contribution in [-0.2, 0) is 0 Å². The van der Waals surface area contributed by atoms with Crippen LogP contribution in [0.15, 0.2) is 0 Å². The Morgan fingerprint density at radius 2 is 2.00 bits per heavy atom. The van der Waals surface area contributed by atoms with Gasteiger partial charge in [-0.3, -0.25) is 0 Å². The monoisotopic (exact) mass is 212 g/mol. The van der Waals surface area contributed by atoms with E-state index in [2.05, 4.69) is 6.92 Å². The molecular weight excluding hydrogens is 188 g/mol. The van der Waals surface area contributed by atoms with E-state index in [4.69, 9.17) is 5.11 Å². The SMILES string of the molecule is C[C@]12CCCC(O)C1CCC[C@@H]2CCO. The van der Waals surface area contributed by atoms with E-state index in [1.807, 2.05) is 0 Å². The second-order valence-electron chi connectivity index (χ2n) is 5.71. The lowest BCUT2D eigenvalue weighted by molar-refractivity contribution is -0.0824. The third kappa shape index (κ3) is 1.94. The quantitative estimate of drug-likeness (QED) is 0.737. The van der Waals surface area contributed by atoms with Gasteiger partial charge in [0.05, 0.1) is 6.10 Å². The molecule has 2 rings (SSSR count). The van der Waals surface area contributed by atoms with Crippen LogP contribution in [0, 0.1) is 17.3 Å². The fourth-order valence-electron chi connectivity index (χ4n) is 4.09. The van der Waals surface area contributed by atoms with Crippen molar-refractivity contribution in [2.45, 2.75) is 58.0 Å². The Hall–Kier alpha value is -0.0800. The zero-order chi connectivity index (χ0) is 10.9. The molecule has 0 aromatic heterocycles. The largest absolute Gasteiger partial charge is 0.396 e. The number of hydrogen-bond acceptors (Lipinski definition) is 2. The molecule has 0 spiro atoms. The minimum absolute atomic E-state index is 0.0785. The van der Waals surface area contributed by atoms with Gasteiger partial charge < -0.3 is 10.2 Å². The number of rotatable bonds is 2. The Bertz CT molecular complexity index is 215. The Balaban J connectivity index is 2.14. The van der Waals surface area contributed by atoms with Gasteiger partial charge in [0.1, 0.15) is 0 Å². The van der Waals surface area contributed by atoms with Crippen LogP contribution in [0.2, 0.25) is 0 Å². The highest BCUT2D eigenvalue weighted by Gasteiger charge is 2.47. The molecule has 2 aliphatic carbocycles. The highest BCUT2D eigenvalue weighted by Crippen LogP contribution is 2.54. The van der Waals surface area contributed by atoms with Gasteiger partial charge in [0.15, 0.2) is 0 Å². The molecule has 0 heterocycles. The Kier molecular flexibility index (Phi) is 3.36. The summed E-state index contributed by atoms with van der Waals surface area (Å²) in [5, 5.41) is 19.2. The zero-order valence-corrected chi connectivity index (χ0v) is 9.78. The Morgan fingerprint density at radius 3 is 2.73 bits per heavy atom. The number of aliphatic hydroxyl groups is 2. The molecule has 0 aromatic rings. The molecule has 2 fully saturated rings. The molecule has 15 heavy (non-hydrogen) atoms. The molecule has 0 amide bonds. The van der Waals surface area contributed by atoms with Crippen molar-refractivity contribution in [2.24, 2.45) is 17.3 Å². The predicted molar refractivity (Wildman–Crippen MR) is 60.5 cm³/mol. The van der Waals surface area contributed by atoms with E-state index in [1.165, 1.54) is 25.7 Å². The van der Waals surface area contributed by atoms with Crippen LogP contribution < -0.4 is 0 Å². The van der Waals surface area contributed by atoms with E-state index in [-0.39, 0.29) is 6.10 Å². The van der Waals surface area contributed by atoms with E-state index >= 15 is 0 Å². The molecule has 2 nitrogen and oxygen atoms in total. The van der Waals surface area contributed by atoms with Gasteiger partial charge in [0.2, 0.25) is 0 Å². The molecule has 2 saturated carbocycles. The molecule has 0 saturated heterocycles. The summed E-state index contributed by atoms with van der Waals surface area (Å²) in [5.74, 6) is 1.13. The summed E-state index contributed by atoms with van der Waals surface area (Å²) in [6.07, 6.45) is 7.94. The van der Waals surface area contributed by atoms with Gasteiger partial charge in [0.25, 0.3) is 0 Å². The normalized spacial score (nSPS) is 46.2. The van der Waals surface area contributed by atoms with Crippen LogP contribution in [0.3, 0.4) is 0 Å². The maximum atomic E-state index is 10.1. The van der Waals surface area contributed by atoms with Gasteiger partial charge in [-0.25, -0.2) is 0 Å². The van der Waals surface area contributed by atoms with Gasteiger partial charge in [-0.15, -0.1) is 0 Å². The van der Waals surface area contributed by atoms with Gasteiger partial charge in [-0.1, -0.05) is 19.8 Å². The predicted octanol–water partition coefficient (Wildman–Crippen LogP) is 2.34. The first-order valence-corrected chi connectivity index (χ1v) is 6.47. The first kappa shape index (κ1) is 11.4. The van der Waals surface area contributed by atoms with E-state index < -0.39 is 0 Å². The third-order valence-electron chi connectivity index (χ3n) is 5.00. The highest BCUT2D eigenvalue weighted by atomic mass is 16.3. The minimum atomic E-state index is -0.0785. The second-order valence-corrected chi connectivity index (χ2v) is 5.71. The molecule has 2 aliphatic rings. The molecule has 0 bridgehead atoms. The van der Waals surface area contributed by atoms with Crippen molar-refractivity contribution in [1.29, 1.82) is 0 Å². The molecule has 2 N–H and O–H groups in total. The minimum Gasteiger partial charge on any atom is -0.396 e. The van der Waals surface area contributed by atoms with Crippen LogP contribution in [0.4, 0.5) is 0 Å². The smallest absolute Gasteiger partial charge is 0.0573 e. The summed E-state index contributed by atoms with van der Waals surface area (Å²) < 4.78 is 0. The van der Waals surface area contributed by atoms with Crippen molar-refractivity contribution >= 4 is 0 Å². The molecule has 2 heteroatoms. The maximum Gasteiger partial charge on any atom is 0.0573 e. The van der Waals surface area contributed by atoms with Crippen molar-refractivity contribution in [3.8, 4) is 0 Å². The lowest BCUT2D eigenvalue weighted by Gasteiger charge is -2.52. The maximum absolute atomic E-state index is 10.1. The van der Waals surface area contributed by atoms with Crippen molar-refractivity contribution in [1.82, 2.24) is 0 Å². The van der Waals surface area contributed by atoms with Crippen LogP contribution in [-0.4, -0.2) is 22.9 Å². The van der Waals surface area contributed by atoms with Crippen LogP contribution in [0.25, 0.3) is 0 Å². The number of hydrogen-bond donors (Lipinski definition) is 2. The van der Waals surface area contributed by atoms with Gasteiger partial charge in [-0.2, -0.15) is 0 Å². The zero-order valence-electron chi connectivity index (χ0n) is 9.78. The van der Waals surface area contributed by atoms with E-state index in [1.54, 1.807) is 0 Å². The van der Waals surface area contributed by atoms with Crippen molar-refractivity contribution in [2.75, 3.05) is 6.61 Å². The van der Waals surface area contributed by atoms with E-state index in [0.29, 0.717) is 23.9 Å². The van der Waals surface area contributed by atoms with Crippen LogP contribution >= 0.6 is 0 Å². The molecule has 0 aromatic carbocycles. The van der Waals surface area contributed by atoms with Crippen molar-refractivity contribution in [3.63, 3.8) is 0 Å². The van der Waals surface area contributed by atoms with Gasteiger partial charge in [0, 0.05) is 6.61 Å². The fourth-order valence-corrected chi connectivity index (χ4v) is 4.09. The average Bonchev–Trinajstić information content (AvgIpc) is 2.20. The summed E-state index contributed by atoms with van der Waals surface area (Å²) in [7, 11) is 0. The second kappa shape index (κ2) is 4.42. The summed E-state index contributed by atoms with van der Waals surface area (Å²) in [5.41, 5.74) is 0.304. The topological polar surface area (TPSA) is 40.5 Å². The summed E-state index contributed by atoms with van der Waals surface area (Å²) in [6.45, 7) is 2.66. The Morgan fingerprint density at radius 1 is 1.20 bits per heavy atom. The van der Waals surface area contributed by atoms with E-state index in [0.717, 1.165) is 19.3 Å². The van der Waals surface area contributed by atoms with Gasteiger partial charge in [-0.05, 0) is 49.4 Å². The fraction of sp³-hybridized carbons (Fsp3) is 1.00. The van der Waals surface area contributed by atoms with Crippen LogP contribution in [0.1, 0.15) is 51.9 Å². The number of aliphatic hydroxyl groups excluding tert-OH is 2. The van der Waals surface area contributed by atoms with Gasteiger partial charge >= 0.3 is 0 Å². The highest BCUT2D eigenvalue weighted by molar-refractivity contribution is 4.97. The van der Waals surface area contributed by atoms with Crippen molar-refractivity contribution < 1.29 is 10.2 Å². The molecule has 0 radical (unpaired) electrons. The van der Waals surface area contributed by atoms with E-state index in [9.17, 15) is 5.11 Å². The van der Waals surface area contributed by atoms with Crippen LogP contribution in [0.5, 0.6) is 0 Å².